The molecule has 11 nitrogen and oxygen atoms in total. The number of urea groups is 1. The van der Waals surface area contributed by atoms with Crippen molar-refractivity contribution in [3.05, 3.63) is 57.3 Å². The molecule has 3 rings (SSSR count). The van der Waals surface area contributed by atoms with Crippen molar-refractivity contribution < 1.29 is 33.3 Å². The van der Waals surface area contributed by atoms with Crippen molar-refractivity contribution in [2.24, 2.45) is 0 Å². The Bertz CT molecular complexity index is 1120. The largest absolute Gasteiger partial charge is 0.462 e. The summed E-state index contributed by atoms with van der Waals surface area (Å²) in [5, 5.41) is 11.5. The van der Waals surface area contributed by atoms with Gasteiger partial charge < -0.3 is 9.15 Å². The highest BCUT2D eigenvalue weighted by atomic mass is 16.6. The van der Waals surface area contributed by atoms with Gasteiger partial charge in [-0.3, -0.25) is 29.5 Å². The molecule has 0 bridgehead atoms. The van der Waals surface area contributed by atoms with E-state index in [0.717, 1.165) is 21.9 Å². The topological polar surface area (TPSA) is 140 Å². The quantitative estimate of drug-likeness (QED) is 0.233. The number of esters is 1. The van der Waals surface area contributed by atoms with Crippen LogP contribution in [0.3, 0.4) is 0 Å². The van der Waals surface area contributed by atoms with Gasteiger partial charge in [0, 0.05) is 20.2 Å². The van der Waals surface area contributed by atoms with Crippen molar-refractivity contribution in [3.8, 4) is 11.3 Å². The first-order valence-electron chi connectivity index (χ1n) is 9.03. The third-order valence-corrected chi connectivity index (χ3v) is 4.53. The van der Waals surface area contributed by atoms with Gasteiger partial charge in [-0.1, -0.05) is 0 Å². The normalized spacial score (nSPS) is 14.2. The van der Waals surface area contributed by atoms with Crippen LogP contribution in [0.1, 0.15) is 23.0 Å². The third kappa shape index (κ3) is 3.92. The molecule has 2 aromatic rings. The van der Waals surface area contributed by atoms with Crippen molar-refractivity contribution in [1.29, 1.82) is 0 Å². The highest BCUT2D eigenvalue weighted by Gasteiger charge is 2.38. The number of amides is 4. The van der Waals surface area contributed by atoms with Gasteiger partial charge in [0.25, 0.3) is 17.5 Å². The minimum atomic E-state index is -0.796. The maximum atomic E-state index is 12.3. The van der Waals surface area contributed by atoms with E-state index in [-0.39, 0.29) is 40.5 Å². The molecule has 31 heavy (non-hydrogen) atoms. The van der Waals surface area contributed by atoms with Crippen LogP contribution in [-0.4, -0.2) is 59.2 Å². The van der Waals surface area contributed by atoms with Gasteiger partial charge >= 0.3 is 12.0 Å². The summed E-state index contributed by atoms with van der Waals surface area (Å²) in [7, 11) is 2.48. The number of likely N-dealkylation sites (N-methyl/N-ethyl adjacent to an activating group) is 2. The number of nitrogens with zero attached hydrogens (tertiary/aromatic N) is 3. The molecule has 1 aromatic carbocycles. The number of hydrogen-bond acceptors (Lipinski definition) is 8. The Labute approximate surface area is 175 Å². The summed E-state index contributed by atoms with van der Waals surface area (Å²) < 4.78 is 10.4. The average molecular weight is 427 g/mol. The van der Waals surface area contributed by atoms with E-state index in [4.69, 9.17) is 9.15 Å². The van der Waals surface area contributed by atoms with E-state index in [9.17, 15) is 29.3 Å². The second-order valence-corrected chi connectivity index (χ2v) is 6.48. The lowest BCUT2D eigenvalue weighted by molar-refractivity contribution is -0.384. The van der Waals surface area contributed by atoms with Crippen LogP contribution in [0.25, 0.3) is 17.4 Å². The molecule has 0 N–H and O–H groups in total. The van der Waals surface area contributed by atoms with Gasteiger partial charge in [-0.25, -0.2) is 9.59 Å². The van der Waals surface area contributed by atoms with Crippen LogP contribution in [0.5, 0.6) is 0 Å². The first-order valence-corrected chi connectivity index (χ1v) is 9.03. The van der Waals surface area contributed by atoms with E-state index in [1.807, 2.05) is 0 Å². The molecule has 1 fully saturated rings. The van der Waals surface area contributed by atoms with E-state index in [2.05, 4.69) is 0 Å². The van der Waals surface area contributed by atoms with Crippen molar-refractivity contribution in [3.63, 3.8) is 0 Å². The molecule has 1 aliphatic rings. The Balaban J connectivity index is 1.99. The van der Waals surface area contributed by atoms with Gasteiger partial charge in [0.15, 0.2) is 0 Å². The number of barbiturate groups is 1. The molecule has 1 aromatic heterocycles. The number of hydrogen-bond donors (Lipinski definition) is 0. The maximum absolute atomic E-state index is 12.3. The fourth-order valence-corrected chi connectivity index (χ4v) is 2.92. The fraction of sp³-hybridized carbons (Fsp3) is 0.200. The molecule has 0 atom stereocenters. The molecule has 2 heterocycles. The van der Waals surface area contributed by atoms with Gasteiger partial charge in [0.1, 0.15) is 17.1 Å². The SMILES string of the molecule is CCOC(=O)c1ccc(-c2ccc(C=C3C(=O)N(C)C(=O)N(C)C3=O)o2)c([N+](=O)[O-])c1. The predicted octanol–water partition coefficient (Wildman–Crippen LogP) is 2.47. The summed E-state index contributed by atoms with van der Waals surface area (Å²) in [6.45, 7) is 1.74. The van der Waals surface area contributed by atoms with Gasteiger partial charge in [-0.2, -0.15) is 0 Å². The first kappa shape index (κ1) is 21.4. The third-order valence-electron chi connectivity index (χ3n) is 4.53. The van der Waals surface area contributed by atoms with Gasteiger partial charge in [0.05, 0.1) is 22.7 Å². The molecule has 4 amide bonds. The molecule has 1 saturated heterocycles. The number of carbonyl (C=O) groups is 4. The van der Waals surface area contributed by atoms with Crippen molar-refractivity contribution >= 4 is 35.6 Å². The Morgan fingerprint density at radius 2 is 1.77 bits per heavy atom. The standard InChI is InChI=1S/C20H17N3O8/c1-4-30-19(26)11-5-7-13(15(9-11)23(28)29)16-8-6-12(31-16)10-14-17(24)21(2)20(27)22(3)18(14)25/h5-10H,4H2,1-3H3. The number of rotatable bonds is 5. The van der Waals surface area contributed by atoms with E-state index in [1.54, 1.807) is 6.92 Å². The molecule has 1 aliphatic heterocycles. The second-order valence-electron chi connectivity index (χ2n) is 6.48. The number of nitro benzene ring substituents is 1. The molecule has 0 unspecified atom stereocenters. The molecule has 160 valence electrons. The van der Waals surface area contributed by atoms with E-state index < -0.39 is 28.7 Å². The molecular formula is C20H17N3O8. The van der Waals surface area contributed by atoms with Gasteiger partial charge in [-0.05, 0) is 37.3 Å². The summed E-state index contributed by atoms with van der Waals surface area (Å²) in [5.41, 5.74) is -0.569. The van der Waals surface area contributed by atoms with Crippen LogP contribution in [0.4, 0.5) is 10.5 Å². The van der Waals surface area contributed by atoms with E-state index >= 15 is 0 Å². The second kappa shape index (κ2) is 8.22. The number of furan rings is 1. The maximum Gasteiger partial charge on any atom is 0.338 e. The number of nitro groups is 1. The number of ether oxygens (including phenoxy) is 1. The van der Waals surface area contributed by atoms with Crippen molar-refractivity contribution in [1.82, 2.24) is 9.80 Å². The van der Waals surface area contributed by atoms with Crippen molar-refractivity contribution in [2.75, 3.05) is 20.7 Å². The molecule has 11 heteroatoms. The summed E-state index contributed by atoms with van der Waals surface area (Å²) in [4.78, 5) is 60.7. The summed E-state index contributed by atoms with van der Waals surface area (Å²) in [6, 6.07) is 5.88. The zero-order chi connectivity index (χ0) is 22.9. The van der Waals surface area contributed by atoms with E-state index in [0.29, 0.717) is 0 Å². The first-order chi connectivity index (χ1) is 14.6. The number of carbonyl (C=O) groups excluding carboxylic acids is 4. The van der Waals surface area contributed by atoms with Gasteiger partial charge in [0.2, 0.25) is 0 Å². The molecule has 0 saturated carbocycles. The van der Waals surface area contributed by atoms with Crippen molar-refractivity contribution in [2.45, 2.75) is 6.92 Å². The predicted molar refractivity (Wildman–Crippen MR) is 106 cm³/mol. The Kier molecular flexibility index (Phi) is 5.68. The Hall–Kier alpha value is -4.28. The number of imide groups is 2. The van der Waals surface area contributed by atoms with Crippen LogP contribution < -0.4 is 0 Å². The monoisotopic (exact) mass is 427 g/mol. The lowest BCUT2D eigenvalue weighted by Crippen LogP contribution is -2.52. The molecule has 0 aliphatic carbocycles. The fourth-order valence-electron chi connectivity index (χ4n) is 2.92. The zero-order valence-corrected chi connectivity index (χ0v) is 16.8. The van der Waals surface area contributed by atoms with Crippen LogP contribution in [0, 0.1) is 10.1 Å². The smallest absolute Gasteiger partial charge is 0.338 e. The molecule has 0 radical (unpaired) electrons. The van der Waals surface area contributed by atoms with Crippen LogP contribution >= 0.6 is 0 Å². The highest BCUT2D eigenvalue weighted by Crippen LogP contribution is 2.33. The molecular weight excluding hydrogens is 410 g/mol. The lowest BCUT2D eigenvalue weighted by Gasteiger charge is -2.28. The average Bonchev–Trinajstić information content (AvgIpc) is 3.22. The van der Waals surface area contributed by atoms with Crippen LogP contribution in [-0.2, 0) is 14.3 Å². The van der Waals surface area contributed by atoms with E-state index in [1.165, 1.54) is 38.4 Å². The van der Waals surface area contributed by atoms with Crippen LogP contribution in [0.15, 0.2) is 40.3 Å². The Morgan fingerprint density at radius 1 is 1.13 bits per heavy atom. The zero-order valence-electron chi connectivity index (χ0n) is 16.8. The summed E-state index contributed by atoms with van der Waals surface area (Å²) >= 11 is 0. The number of benzene rings is 1. The molecule has 0 spiro atoms. The lowest BCUT2D eigenvalue weighted by atomic mass is 10.1. The minimum Gasteiger partial charge on any atom is -0.462 e. The summed E-state index contributed by atoms with van der Waals surface area (Å²) in [6.07, 6.45) is 1.16. The van der Waals surface area contributed by atoms with Crippen LogP contribution in [0.2, 0.25) is 0 Å². The Morgan fingerprint density at radius 3 is 2.35 bits per heavy atom. The minimum absolute atomic E-state index is 0.0142. The summed E-state index contributed by atoms with van der Waals surface area (Å²) in [5.74, 6) is -2.13. The highest BCUT2D eigenvalue weighted by molar-refractivity contribution is 6.30. The van der Waals surface area contributed by atoms with Gasteiger partial charge in [-0.15, -0.1) is 0 Å².